The Morgan fingerprint density at radius 1 is 1.04 bits per heavy atom. The predicted octanol–water partition coefficient (Wildman–Crippen LogP) is 3.91. The van der Waals surface area contributed by atoms with Gasteiger partial charge in [0.25, 0.3) is 5.91 Å². The van der Waals surface area contributed by atoms with Crippen molar-refractivity contribution >= 4 is 5.91 Å². The third-order valence-electron chi connectivity index (χ3n) is 5.52. The Hall–Kier alpha value is -1.35. The van der Waals surface area contributed by atoms with Crippen molar-refractivity contribution in [3.8, 4) is 0 Å². The lowest BCUT2D eigenvalue weighted by atomic mass is 9.99. The quantitative estimate of drug-likeness (QED) is 0.858. The maximum Gasteiger partial charge on any atom is 0.251 e. The highest BCUT2D eigenvalue weighted by Gasteiger charge is 2.27. The molecular weight excluding hydrogens is 284 g/mol. The maximum atomic E-state index is 12.5. The Morgan fingerprint density at radius 3 is 2.52 bits per heavy atom. The summed E-state index contributed by atoms with van der Waals surface area (Å²) >= 11 is 0. The van der Waals surface area contributed by atoms with E-state index in [2.05, 4.69) is 10.2 Å². The Morgan fingerprint density at radius 2 is 1.78 bits per heavy atom. The fraction of sp³-hybridized carbons (Fsp3) is 0.650. The Kier molecular flexibility index (Phi) is 5.71. The molecule has 1 saturated heterocycles. The molecule has 23 heavy (non-hydrogen) atoms. The molecule has 0 radical (unpaired) electrons. The van der Waals surface area contributed by atoms with Crippen molar-refractivity contribution < 1.29 is 4.79 Å². The molecule has 0 bridgehead atoms. The van der Waals surface area contributed by atoms with Gasteiger partial charge in [-0.2, -0.15) is 0 Å². The number of rotatable bonds is 3. The van der Waals surface area contributed by atoms with Crippen LogP contribution >= 0.6 is 0 Å². The highest BCUT2D eigenvalue weighted by atomic mass is 16.1. The van der Waals surface area contributed by atoms with E-state index in [1.807, 2.05) is 31.2 Å². The van der Waals surface area contributed by atoms with E-state index < -0.39 is 0 Å². The number of hydrogen-bond acceptors (Lipinski definition) is 2. The Labute approximate surface area is 140 Å². The minimum absolute atomic E-state index is 0.0933. The van der Waals surface area contributed by atoms with Crippen molar-refractivity contribution in [3.63, 3.8) is 0 Å². The van der Waals surface area contributed by atoms with Crippen LogP contribution in [0.1, 0.15) is 67.3 Å². The van der Waals surface area contributed by atoms with Gasteiger partial charge in [0, 0.05) is 24.2 Å². The molecule has 0 aromatic heterocycles. The first-order valence-electron chi connectivity index (χ1n) is 9.34. The molecule has 1 unspecified atom stereocenters. The molecule has 1 aromatic rings. The number of piperidine rings is 1. The van der Waals surface area contributed by atoms with Crippen molar-refractivity contribution in [2.45, 2.75) is 70.4 Å². The predicted molar refractivity (Wildman–Crippen MR) is 94.7 cm³/mol. The zero-order valence-electron chi connectivity index (χ0n) is 14.4. The van der Waals surface area contributed by atoms with Gasteiger partial charge in [0.1, 0.15) is 0 Å². The Balaban J connectivity index is 1.58. The van der Waals surface area contributed by atoms with Crippen molar-refractivity contribution in [1.29, 1.82) is 0 Å². The minimum atomic E-state index is 0.0933. The van der Waals surface area contributed by atoms with Crippen LogP contribution in [0.5, 0.6) is 0 Å². The molecule has 1 aromatic carbocycles. The molecule has 1 aliphatic carbocycles. The van der Waals surface area contributed by atoms with Crippen LogP contribution in [0.3, 0.4) is 0 Å². The smallest absolute Gasteiger partial charge is 0.251 e. The average Bonchev–Trinajstić information content (AvgIpc) is 2.85. The molecule has 1 saturated carbocycles. The number of hydrogen-bond donors (Lipinski definition) is 1. The van der Waals surface area contributed by atoms with Gasteiger partial charge in [0.05, 0.1) is 0 Å². The maximum absolute atomic E-state index is 12.5. The summed E-state index contributed by atoms with van der Waals surface area (Å²) < 4.78 is 0. The van der Waals surface area contributed by atoms with Crippen LogP contribution in [0, 0.1) is 6.92 Å². The molecule has 0 spiro atoms. The molecule has 1 amide bonds. The normalized spacial score (nSPS) is 24.1. The van der Waals surface area contributed by atoms with Gasteiger partial charge in [-0.1, -0.05) is 43.9 Å². The molecule has 126 valence electrons. The summed E-state index contributed by atoms with van der Waals surface area (Å²) in [5.41, 5.74) is 1.88. The SMILES string of the molecule is Cc1ccccc1C(=O)NC1CCCN(C2CCCCCC2)C1. The van der Waals surface area contributed by atoms with E-state index in [0.717, 1.165) is 30.1 Å². The minimum Gasteiger partial charge on any atom is -0.348 e. The summed E-state index contributed by atoms with van der Waals surface area (Å²) in [6.07, 6.45) is 10.6. The zero-order chi connectivity index (χ0) is 16.1. The van der Waals surface area contributed by atoms with E-state index in [-0.39, 0.29) is 5.91 Å². The lowest BCUT2D eigenvalue weighted by Gasteiger charge is -2.38. The summed E-state index contributed by atoms with van der Waals surface area (Å²) in [5, 5.41) is 3.28. The molecule has 1 atom stereocenters. The summed E-state index contributed by atoms with van der Waals surface area (Å²) in [6, 6.07) is 8.92. The number of carbonyl (C=O) groups is 1. The highest BCUT2D eigenvalue weighted by molar-refractivity contribution is 5.95. The highest BCUT2D eigenvalue weighted by Crippen LogP contribution is 2.24. The van der Waals surface area contributed by atoms with E-state index >= 15 is 0 Å². The zero-order valence-corrected chi connectivity index (χ0v) is 14.4. The number of nitrogens with zero attached hydrogens (tertiary/aromatic N) is 1. The van der Waals surface area contributed by atoms with Crippen LogP contribution in [0.25, 0.3) is 0 Å². The number of likely N-dealkylation sites (tertiary alicyclic amines) is 1. The van der Waals surface area contributed by atoms with Gasteiger partial charge in [0.2, 0.25) is 0 Å². The second-order valence-electron chi connectivity index (χ2n) is 7.27. The van der Waals surface area contributed by atoms with Gasteiger partial charge < -0.3 is 5.32 Å². The van der Waals surface area contributed by atoms with Crippen molar-refractivity contribution in [2.24, 2.45) is 0 Å². The largest absolute Gasteiger partial charge is 0.348 e. The third kappa shape index (κ3) is 4.35. The van der Waals surface area contributed by atoms with Crippen molar-refractivity contribution in [1.82, 2.24) is 10.2 Å². The second kappa shape index (κ2) is 7.96. The third-order valence-corrected chi connectivity index (χ3v) is 5.52. The van der Waals surface area contributed by atoms with Crippen LogP contribution < -0.4 is 5.32 Å². The molecule has 2 fully saturated rings. The van der Waals surface area contributed by atoms with Gasteiger partial charge in [0.15, 0.2) is 0 Å². The molecule has 1 N–H and O–H groups in total. The summed E-state index contributed by atoms with van der Waals surface area (Å²) in [4.78, 5) is 15.2. The average molecular weight is 314 g/mol. The topological polar surface area (TPSA) is 32.3 Å². The van der Waals surface area contributed by atoms with E-state index in [4.69, 9.17) is 0 Å². The van der Waals surface area contributed by atoms with Gasteiger partial charge in [-0.05, 0) is 50.8 Å². The van der Waals surface area contributed by atoms with Crippen LogP contribution in [0.15, 0.2) is 24.3 Å². The first-order valence-corrected chi connectivity index (χ1v) is 9.34. The molecule has 3 nitrogen and oxygen atoms in total. The molecule has 3 rings (SSSR count). The fourth-order valence-corrected chi connectivity index (χ4v) is 4.17. The molecule has 3 heteroatoms. The van der Waals surface area contributed by atoms with Crippen LogP contribution in [-0.2, 0) is 0 Å². The summed E-state index contributed by atoms with van der Waals surface area (Å²) in [6.45, 7) is 4.25. The van der Waals surface area contributed by atoms with Gasteiger partial charge in [-0.3, -0.25) is 9.69 Å². The number of benzene rings is 1. The van der Waals surface area contributed by atoms with E-state index in [9.17, 15) is 4.79 Å². The van der Waals surface area contributed by atoms with Gasteiger partial charge >= 0.3 is 0 Å². The standard InChI is InChI=1S/C20H30N2O/c1-16-9-6-7-13-19(16)20(23)21-17-10-8-14-22(15-17)18-11-4-2-3-5-12-18/h6-7,9,13,17-18H,2-5,8,10-12,14-15H2,1H3,(H,21,23). The Bertz CT molecular complexity index is 520. The molecule has 2 aliphatic rings. The van der Waals surface area contributed by atoms with Crippen LogP contribution in [-0.4, -0.2) is 36.0 Å². The molecular formula is C20H30N2O. The van der Waals surface area contributed by atoms with E-state index in [1.54, 1.807) is 0 Å². The molecule has 1 aliphatic heterocycles. The molecule has 1 heterocycles. The van der Waals surface area contributed by atoms with Crippen molar-refractivity contribution in [2.75, 3.05) is 13.1 Å². The van der Waals surface area contributed by atoms with E-state index in [0.29, 0.717) is 6.04 Å². The second-order valence-corrected chi connectivity index (χ2v) is 7.27. The summed E-state index contributed by atoms with van der Waals surface area (Å²) in [5.74, 6) is 0.0933. The first-order chi connectivity index (χ1) is 11.2. The lowest BCUT2D eigenvalue weighted by molar-refractivity contribution is 0.0860. The fourth-order valence-electron chi connectivity index (χ4n) is 4.17. The van der Waals surface area contributed by atoms with Crippen molar-refractivity contribution in [3.05, 3.63) is 35.4 Å². The number of carbonyl (C=O) groups excluding carboxylic acids is 1. The monoisotopic (exact) mass is 314 g/mol. The number of aryl methyl sites for hydroxylation is 1. The lowest BCUT2D eigenvalue weighted by Crippen LogP contribution is -2.51. The number of amides is 1. The van der Waals surface area contributed by atoms with Crippen LogP contribution in [0.4, 0.5) is 0 Å². The van der Waals surface area contributed by atoms with Gasteiger partial charge in [-0.15, -0.1) is 0 Å². The first kappa shape index (κ1) is 16.5. The number of nitrogens with one attached hydrogen (secondary N) is 1. The summed E-state index contributed by atoms with van der Waals surface area (Å²) in [7, 11) is 0. The van der Waals surface area contributed by atoms with E-state index in [1.165, 1.54) is 51.5 Å². The van der Waals surface area contributed by atoms with Gasteiger partial charge in [-0.25, -0.2) is 0 Å². The van der Waals surface area contributed by atoms with Crippen LogP contribution in [0.2, 0.25) is 0 Å².